The Balaban J connectivity index is 2.18. The van der Waals surface area contributed by atoms with Crippen molar-refractivity contribution in [2.24, 2.45) is 0 Å². The van der Waals surface area contributed by atoms with Crippen LogP contribution in [0.4, 0.5) is 5.69 Å². The molecule has 3 rings (SSSR count). The molecule has 1 N–H and O–H groups in total. The molecule has 0 unspecified atom stereocenters. The molecular weight excluding hydrogens is 278 g/mol. The third kappa shape index (κ3) is 1.89. The number of nitrogens with one attached hydrogen (secondary N) is 1. The molecule has 1 fully saturated rings. The van der Waals surface area contributed by atoms with Gasteiger partial charge < -0.3 is 5.32 Å². The smallest absolute Gasteiger partial charge is 0.253 e. The number of rotatable bonds is 0. The van der Waals surface area contributed by atoms with Crippen LogP contribution < -0.4 is 5.32 Å². The first-order valence-corrected chi connectivity index (χ1v) is 9.59. The zero-order valence-electron chi connectivity index (χ0n) is 11.1. The lowest BCUT2D eigenvalue weighted by atomic mass is 9.80. The summed E-state index contributed by atoms with van der Waals surface area (Å²) in [5.41, 5.74) is 4.32. The molecule has 0 radical (unpaired) electrons. The molecular formula is C14H18NS3+. The van der Waals surface area contributed by atoms with Crippen LogP contribution in [0.25, 0.3) is 0 Å². The number of hydrogen-bond donors (Lipinski definition) is 1. The fraction of sp³-hybridized carbons (Fsp3) is 0.500. The molecule has 1 aromatic carbocycles. The molecule has 2 atom stereocenters. The van der Waals surface area contributed by atoms with Crippen molar-refractivity contribution in [3.63, 3.8) is 0 Å². The molecule has 0 bridgehead atoms. The van der Waals surface area contributed by atoms with Crippen molar-refractivity contribution < 1.29 is 0 Å². The minimum absolute atomic E-state index is 0.155. The van der Waals surface area contributed by atoms with Crippen LogP contribution in [0, 0.1) is 6.92 Å². The van der Waals surface area contributed by atoms with Gasteiger partial charge in [-0.3, -0.25) is 0 Å². The van der Waals surface area contributed by atoms with E-state index in [-0.39, 0.29) is 5.54 Å². The molecule has 0 aliphatic carbocycles. The number of benzene rings is 1. The monoisotopic (exact) mass is 296 g/mol. The molecule has 96 valence electrons. The van der Waals surface area contributed by atoms with Crippen molar-refractivity contribution in [3.8, 4) is 0 Å². The average molecular weight is 297 g/mol. The van der Waals surface area contributed by atoms with Crippen LogP contribution in [0.5, 0.6) is 0 Å². The number of hydrogen-bond acceptors (Lipinski definition) is 3. The first kappa shape index (κ1) is 12.8. The van der Waals surface area contributed by atoms with Crippen molar-refractivity contribution in [1.29, 1.82) is 0 Å². The van der Waals surface area contributed by atoms with E-state index in [9.17, 15) is 0 Å². The van der Waals surface area contributed by atoms with Gasteiger partial charge in [-0.15, -0.1) is 0 Å². The van der Waals surface area contributed by atoms with E-state index in [1.807, 2.05) is 32.9 Å². The van der Waals surface area contributed by atoms with Crippen molar-refractivity contribution in [2.45, 2.75) is 37.5 Å². The highest BCUT2D eigenvalue weighted by Crippen LogP contribution is 2.56. The van der Waals surface area contributed by atoms with Crippen molar-refractivity contribution >= 4 is 42.8 Å². The Kier molecular flexibility index (Phi) is 3.15. The van der Waals surface area contributed by atoms with Crippen LogP contribution in [0.3, 0.4) is 0 Å². The van der Waals surface area contributed by atoms with Gasteiger partial charge in [-0.05, 0) is 32.4 Å². The largest absolute Gasteiger partial charge is 0.379 e. The highest BCUT2D eigenvalue weighted by molar-refractivity contribution is 8.84. The molecule has 0 spiro atoms. The van der Waals surface area contributed by atoms with Crippen LogP contribution in [0.1, 0.15) is 30.9 Å². The van der Waals surface area contributed by atoms with Gasteiger partial charge in [0.15, 0.2) is 17.6 Å². The SMILES string of the molecule is C[S+]=C1SS[C@H]2[C@@H]1c1cc(C)ccc1NC2(C)C. The van der Waals surface area contributed by atoms with Gasteiger partial charge in [0.05, 0.1) is 11.2 Å². The summed E-state index contributed by atoms with van der Waals surface area (Å²) in [6.45, 7) is 6.83. The molecule has 0 saturated carbocycles. The Morgan fingerprint density at radius 2 is 2.11 bits per heavy atom. The van der Waals surface area contributed by atoms with Gasteiger partial charge in [-0.1, -0.05) is 28.5 Å². The standard InChI is InChI=1S/C14H18NS3/c1-8-5-6-10-9(7-8)11-12(14(2,3)15-10)17-18-13(11)16-4/h5-7,11-12,15H,1-4H3/q+1/t11-,12-/m0/s1. The van der Waals surface area contributed by atoms with Gasteiger partial charge >= 0.3 is 0 Å². The summed E-state index contributed by atoms with van der Waals surface area (Å²) < 4.78 is 1.56. The topological polar surface area (TPSA) is 12.0 Å². The average Bonchev–Trinajstić information content (AvgIpc) is 2.75. The third-order valence-corrected chi connectivity index (χ3v) is 8.46. The maximum atomic E-state index is 3.72. The van der Waals surface area contributed by atoms with E-state index in [1.165, 1.54) is 16.8 Å². The van der Waals surface area contributed by atoms with E-state index >= 15 is 0 Å². The minimum atomic E-state index is 0.155. The van der Waals surface area contributed by atoms with Gasteiger partial charge in [0.1, 0.15) is 0 Å². The Morgan fingerprint density at radius 1 is 1.33 bits per heavy atom. The van der Waals surface area contributed by atoms with E-state index in [0.29, 0.717) is 11.2 Å². The van der Waals surface area contributed by atoms with E-state index in [4.69, 9.17) is 0 Å². The zero-order valence-corrected chi connectivity index (χ0v) is 13.6. The van der Waals surface area contributed by atoms with Gasteiger partial charge in [-0.2, -0.15) is 0 Å². The number of aryl methyl sites for hydroxylation is 1. The van der Waals surface area contributed by atoms with Gasteiger partial charge in [0, 0.05) is 22.0 Å². The molecule has 4 heteroatoms. The van der Waals surface area contributed by atoms with Gasteiger partial charge in [0.2, 0.25) is 0 Å². The van der Waals surface area contributed by atoms with E-state index in [0.717, 1.165) is 0 Å². The molecule has 1 nitrogen and oxygen atoms in total. The first-order valence-electron chi connectivity index (χ1n) is 6.16. The summed E-state index contributed by atoms with van der Waals surface area (Å²) in [5.74, 6) is 0.584. The summed E-state index contributed by atoms with van der Waals surface area (Å²) in [7, 11) is 4.01. The van der Waals surface area contributed by atoms with Gasteiger partial charge in [-0.25, -0.2) is 0 Å². The summed E-state index contributed by atoms with van der Waals surface area (Å²) in [6, 6.07) is 6.81. The molecule has 2 heterocycles. The second-order valence-corrected chi connectivity index (χ2v) is 9.03. The van der Waals surface area contributed by atoms with Crippen LogP contribution in [-0.4, -0.2) is 21.2 Å². The Morgan fingerprint density at radius 3 is 2.83 bits per heavy atom. The fourth-order valence-electron chi connectivity index (χ4n) is 2.79. The maximum Gasteiger partial charge on any atom is 0.253 e. The van der Waals surface area contributed by atoms with E-state index < -0.39 is 0 Å². The summed E-state index contributed by atoms with van der Waals surface area (Å²) >= 11 is 1.92. The van der Waals surface area contributed by atoms with Crippen LogP contribution in [0.15, 0.2) is 18.2 Å². The molecule has 0 amide bonds. The Hall–Kier alpha value is -0.190. The summed E-state index contributed by atoms with van der Waals surface area (Å²) in [4.78, 5) is 0. The van der Waals surface area contributed by atoms with Crippen LogP contribution >= 0.6 is 21.6 Å². The third-order valence-electron chi connectivity index (χ3n) is 3.70. The minimum Gasteiger partial charge on any atom is -0.379 e. The second-order valence-electron chi connectivity index (χ2n) is 5.54. The zero-order chi connectivity index (χ0) is 12.9. The van der Waals surface area contributed by atoms with E-state index in [1.54, 1.807) is 4.20 Å². The van der Waals surface area contributed by atoms with Crippen molar-refractivity contribution in [2.75, 3.05) is 11.6 Å². The second kappa shape index (κ2) is 4.43. The van der Waals surface area contributed by atoms with Crippen molar-refractivity contribution in [1.82, 2.24) is 0 Å². The molecule has 0 aromatic heterocycles. The van der Waals surface area contributed by atoms with Crippen LogP contribution in [-0.2, 0) is 11.4 Å². The number of anilines is 1. The highest BCUT2D eigenvalue weighted by atomic mass is 33.1. The number of fused-ring (bicyclic) bond motifs is 3. The maximum absolute atomic E-state index is 3.72. The lowest BCUT2D eigenvalue weighted by Crippen LogP contribution is -2.48. The summed E-state index contributed by atoms with van der Waals surface area (Å²) in [5, 5.41) is 4.35. The predicted octanol–water partition coefficient (Wildman–Crippen LogP) is 3.89. The Labute approximate surface area is 121 Å². The first-order chi connectivity index (χ1) is 8.53. The van der Waals surface area contributed by atoms with E-state index in [2.05, 4.69) is 50.5 Å². The van der Waals surface area contributed by atoms with Gasteiger partial charge in [0.25, 0.3) is 4.20 Å². The molecule has 2 aliphatic heterocycles. The summed E-state index contributed by atoms with van der Waals surface area (Å²) in [6.07, 6.45) is 2.20. The molecule has 2 aliphatic rings. The lowest BCUT2D eigenvalue weighted by molar-refractivity contribution is 0.507. The fourth-order valence-corrected chi connectivity index (χ4v) is 7.94. The van der Waals surface area contributed by atoms with Crippen molar-refractivity contribution in [3.05, 3.63) is 29.3 Å². The highest BCUT2D eigenvalue weighted by Gasteiger charge is 2.51. The molecule has 1 aromatic rings. The molecule has 1 saturated heterocycles. The lowest BCUT2D eigenvalue weighted by Gasteiger charge is -2.41. The van der Waals surface area contributed by atoms with Crippen LogP contribution in [0.2, 0.25) is 0 Å². The Bertz CT molecular complexity index is 522. The predicted molar refractivity (Wildman–Crippen MR) is 88.9 cm³/mol. The normalized spacial score (nSPS) is 30.8. The molecule has 18 heavy (non-hydrogen) atoms. The quantitative estimate of drug-likeness (QED) is 0.443.